The van der Waals surface area contributed by atoms with Crippen molar-refractivity contribution in [2.24, 2.45) is 5.10 Å². The van der Waals surface area contributed by atoms with Crippen molar-refractivity contribution >= 4 is 28.1 Å². The highest BCUT2D eigenvalue weighted by Gasteiger charge is 2.11. The van der Waals surface area contributed by atoms with Crippen LogP contribution in [0, 0.1) is 0 Å². The van der Waals surface area contributed by atoms with Crippen LogP contribution < -0.4 is 11.0 Å². The second-order valence-electron chi connectivity index (χ2n) is 6.02. The molecule has 0 amide bonds. The van der Waals surface area contributed by atoms with Crippen molar-refractivity contribution in [1.29, 1.82) is 0 Å². The van der Waals surface area contributed by atoms with E-state index in [-0.39, 0.29) is 5.56 Å². The zero-order valence-electron chi connectivity index (χ0n) is 13.4. The van der Waals surface area contributed by atoms with Gasteiger partial charge in [0.2, 0.25) is 0 Å². The third kappa shape index (κ3) is 2.74. The van der Waals surface area contributed by atoms with Crippen molar-refractivity contribution in [3.8, 4) is 0 Å². The lowest BCUT2D eigenvalue weighted by atomic mass is 10.1. The van der Waals surface area contributed by atoms with E-state index in [1.165, 1.54) is 4.52 Å². The predicted octanol–water partition coefficient (Wildman–Crippen LogP) is 1.74. The number of hydrazone groups is 1. The first-order valence-corrected chi connectivity index (χ1v) is 7.99. The van der Waals surface area contributed by atoms with Crippen molar-refractivity contribution in [3.05, 3.63) is 46.8 Å². The highest BCUT2D eigenvalue weighted by Crippen LogP contribution is 2.11. The van der Waals surface area contributed by atoms with Gasteiger partial charge in [0.1, 0.15) is 0 Å². The van der Waals surface area contributed by atoms with Crippen LogP contribution in [0.15, 0.2) is 46.3 Å². The molecule has 122 valence electrons. The van der Waals surface area contributed by atoms with Crippen molar-refractivity contribution in [2.75, 3.05) is 25.6 Å². The zero-order chi connectivity index (χ0) is 16.5. The summed E-state index contributed by atoms with van der Waals surface area (Å²) in [6, 6.07) is 10.8. The van der Waals surface area contributed by atoms with E-state index in [0.717, 1.165) is 31.6 Å². The molecule has 1 N–H and O–H groups in total. The first-order valence-electron chi connectivity index (χ1n) is 7.99. The minimum atomic E-state index is -0.175. The van der Waals surface area contributed by atoms with Crippen molar-refractivity contribution in [1.82, 2.24) is 19.5 Å². The molecule has 24 heavy (non-hydrogen) atoms. The number of fused-ring (bicyclic) bond motifs is 2. The summed E-state index contributed by atoms with van der Waals surface area (Å²) in [5.74, 6) is 0.535. The number of aromatic nitrogens is 3. The van der Waals surface area contributed by atoms with Gasteiger partial charge in [-0.05, 0) is 31.3 Å². The molecule has 3 heterocycles. The molecule has 0 bridgehead atoms. The van der Waals surface area contributed by atoms with Crippen LogP contribution in [0.5, 0.6) is 0 Å². The summed E-state index contributed by atoms with van der Waals surface area (Å²) >= 11 is 0. The number of nitrogens with one attached hydrogen (secondary N) is 1. The molecule has 7 heteroatoms. The van der Waals surface area contributed by atoms with E-state index < -0.39 is 0 Å². The molecular weight excluding hydrogens is 304 g/mol. The topological polar surface area (TPSA) is 74.9 Å². The number of likely N-dealkylation sites (tertiary alicyclic amines) is 1. The van der Waals surface area contributed by atoms with E-state index in [1.807, 2.05) is 18.2 Å². The van der Waals surface area contributed by atoms with E-state index in [9.17, 15) is 4.79 Å². The third-order valence-corrected chi connectivity index (χ3v) is 4.27. The van der Waals surface area contributed by atoms with E-state index in [4.69, 9.17) is 0 Å². The summed E-state index contributed by atoms with van der Waals surface area (Å²) in [7, 11) is 2.11. The molecule has 3 aromatic rings. The molecule has 1 aromatic carbocycles. The number of nitrogens with zero attached hydrogens (tertiary/aromatic N) is 5. The molecule has 0 unspecified atom stereocenters. The Morgan fingerprint density at radius 3 is 2.75 bits per heavy atom. The molecule has 4 rings (SSSR count). The van der Waals surface area contributed by atoms with Gasteiger partial charge in [0.25, 0.3) is 5.56 Å². The summed E-state index contributed by atoms with van der Waals surface area (Å²) < 4.78 is 1.32. The van der Waals surface area contributed by atoms with Crippen molar-refractivity contribution < 1.29 is 0 Å². The van der Waals surface area contributed by atoms with Crippen LogP contribution in [0.4, 0.5) is 5.82 Å². The van der Waals surface area contributed by atoms with Crippen LogP contribution >= 0.6 is 0 Å². The minimum Gasteiger partial charge on any atom is -0.306 e. The Morgan fingerprint density at radius 1 is 1.12 bits per heavy atom. The highest BCUT2D eigenvalue weighted by atomic mass is 16.1. The molecular formula is C17H18N6O. The lowest BCUT2D eigenvalue weighted by molar-refractivity contribution is 0.336. The Kier molecular flexibility index (Phi) is 3.70. The fourth-order valence-electron chi connectivity index (χ4n) is 2.82. The summed E-state index contributed by atoms with van der Waals surface area (Å²) in [5.41, 5.74) is 5.12. The van der Waals surface area contributed by atoms with Gasteiger partial charge >= 0.3 is 0 Å². The number of para-hydroxylation sites is 1. The second kappa shape index (κ2) is 6.01. The van der Waals surface area contributed by atoms with Gasteiger partial charge in [-0.2, -0.15) is 9.62 Å². The van der Waals surface area contributed by atoms with Crippen molar-refractivity contribution in [2.45, 2.75) is 12.8 Å². The van der Waals surface area contributed by atoms with Gasteiger partial charge in [0.15, 0.2) is 11.5 Å². The monoisotopic (exact) mass is 322 g/mol. The van der Waals surface area contributed by atoms with Crippen LogP contribution in [0.2, 0.25) is 0 Å². The van der Waals surface area contributed by atoms with E-state index in [2.05, 4.69) is 32.6 Å². The minimum absolute atomic E-state index is 0.175. The average Bonchev–Trinajstić information content (AvgIpc) is 2.62. The van der Waals surface area contributed by atoms with Gasteiger partial charge in [-0.25, -0.2) is 4.98 Å². The second-order valence-corrected chi connectivity index (χ2v) is 6.02. The lowest BCUT2D eigenvalue weighted by Crippen LogP contribution is -2.30. The molecule has 2 aromatic heterocycles. The molecule has 7 nitrogen and oxygen atoms in total. The quantitative estimate of drug-likeness (QED) is 0.574. The van der Waals surface area contributed by atoms with Crippen molar-refractivity contribution in [3.63, 3.8) is 0 Å². The Hall–Kier alpha value is -2.80. The largest absolute Gasteiger partial charge is 0.306 e. The first kappa shape index (κ1) is 14.8. The Bertz CT molecular complexity index is 983. The van der Waals surface area contributed by atoms with E-state index in [0.29, 0.717) is 22.4 Å². The summed E-state index contributed by atoms with van der Waals surface area (Å²) in [6.45, 7) is 2.03. The normalized spacial score (nSPS) is 15.8. The lowest BCUT2D eigenvalue weighted by Gasteiger charge is -2.22. The molecule has 0 spiro atoms. The summed E-state index contributed by atoms with van der Waals surface area (Å²) in [5, 5.41) is 9.32. The standard InChI is InChI=1S/C17H18N6O/c1-22-10-8-12(9-11-22)19-20-15-6-7-16-18-14-5-3-2-4-13(14)17(24)23(16)21-15/h2-7H,8-11H2,1H3,(H,20,21). The summed E-state index contributed by atoms with van der Waals surface area (Å²) in [6.07, 6.45) is 1.90. The molecule has 1 saturated heterocycles. The Balaban J connectivity index is 1.68. The van der Waals surface area contributed by atoms with Gasteiger partial charge in [0, 0.05) is 31.6 Å². The third-order valence-electron chi connectivity index (χ3n) is 4.27. The number of anilines is 1. The van der Waals surface area contributed by atoms with Crippen LogP contribution in [-0.2, 0) is 0 Å². The van der Waals surface area contributed by atoms with E-state index >= 15 is 0 Å². The smallest absolute Gasteiger partial charge is 0.282 e. The number of benzene rings is 1. The Labute approximate surface area is 138 Å². The fraction of sp³-hybridized carbons (Fsp3) is 0.294. The fourth-order valence-corrected chi connectivity index (χ4v) is 2.82. The first-order chi connectivity index (χ1) is 11.7. The predicted molar refractivity (Wildman–Crippen MR) is 94.6 cm³/mol. The van der Waals surface area contributed by atoms with E-state index in [1.54, 1.807) is 18.2 Å². The number of hydrogen-bond acceptors (Lipinski definition) is 6. The van der Waals surface area contributed by atoms with Crippen LogP contribution in [-0.4, -0.2) is 45.3 Å². The molecule has 1 fully saturated rings. The maximum atomic E-state index is 12.6. The molecule has 0 atom stereocenters. The molecule has 1 aliphatic heterocycles. The zero-order valence-corrected chi connectivity index (χ0v) is 13.4. The maximum Gasteiger partial charge on any atom is 0.282 e. The number of rotatable bonds is 2. The average molecular weight is 322 g/mol. The van der Waals surface area contributed by atoms with Gasteiger partial charge in [-0.3, -0.25) is 10.2 Å². The number of hydrogen-bond donors (Lipinski definition) is 1. The molecule has 1 aliphatic rings. The van der Waals surface area contributed by atoms with Gasteiger partial charge < -0.3 is 4.90 Å². The van der Waals surface area contributed by atoms with Crippen LogP contribution in [0.3, 0.4) is 0 Å². The Morgan fingerprint density at radius 2 is 1.92 bits per heavy atom. The maximum absolute atomic E-state index is 12.6. The van der Waals surface area contributed by atoms with Crippen LogP contribution in [0.25, 0.3) is 16.6 Å². The van der Waals surface area contributed by atoms with Crippen LogP contribution in [0.1, 0.15) is 12.8 Å². The molecule has 0 saturated carbocycles. The van der Waals surface area contributed by atoms with Gasteiger partial charge in [-0.1, -0.05) is 12.1 Å². The molecule has 0 radical (unpaired) electrons. The summed E-state index contributed by atoms with van der Waals surface area (Å²) in [4.78, 5) is 19.3. The SMILES string of the molecule is CN1CCC(=NNc2ccc3nc4ccccc4c(=O)n3n2)CC1. The highest BCUT2D eigenvalue weighted by molar-refractivity contribution is 5.86. The number of piperidine rings is 1. The van der Waals surface area contributed by atoms with Gasteiger partial charge in [-0.15, -0.1) is 5.10 Å². The van der Waals surface area contributed by atoms with Gasteiger partial charge in [0.05, 0.1) is 10.9 Å². The molecule has 0 aliphatic carbocycles.